The predicted octanol–water partition coefficient (Wildman–Crippen LogP) is 2.35. The van der Waals surface area contributed by atoms with E-state index in [-0.39, 0.29) is 12.0 Å². The highest BCUT2D eigenvalue weighted by molar-refractivity contribution is 5.71. The molecule has 0 spiro atoms. The van der Waals surface area contributed by atoms with Crippen molar-refractivity contribution in [1.82, 2.24) is 4.90 Å². The predicted molar refractivity (Wildman–Crippen MR) is 77.0 cm³/mol. The van der Waals surface area contributed by atoms with Gasteiger partial charge in [0.2, 0.25) is 0 Å². The summed E-state index contributed by atoms with van der Waals surface area (Å²) in [5.41, 5.74) is 1.01. The second-order valence-electron chi connectivity index (χ2n) is 4.89. The second-order valence-corrected chi connectivity index (χ2v) is 4.89. The number of esters is 1. The third-order valence-electron chi connectivity index (χ3n) is 3.43. The van der Waals surface area contributed by atoms with Gasteiger partial charge in [0.1, 0.15) is 6.61 Å². The summed E-state index contributed by atoms with van der Waals surface area (Å²) in [7, 11) is 1.63. The molecule has 0 N–H and O–H groups in total. The minimum Gasteiger partial charge on any atom is -0.505 e. The monoisotopic (exact) mass is 275 g/mol. The third kappa shape index (κ3) is 4.38. The van der Waals surface area contributed by atoms with Gasteiger partial charge in [-0.05, 0) is 31.0 Å². The summed E-state index contributed by atoms with van der Waals surface area (Å²) < 4.78 is 10.2. The van der Waals surface area contributed by atoms with Gasteiger partial charge in [-0.2, -0.15) is 0 Å². The molecule has 1 heterocycles. The molecule has 0 bridgehead atoms. The number of hydrogen-bond acceptors (Lipinski definition) is 4. The first kappa shape index (κ1) is 14.6. The van der Waals surface area contributed by atoms with Gasteiger partial charge < -0.3 is 9.47 Å². The van der Waals surface area contributed by atoms with Crippen molar-refractivity contribution in [2.24, 2.45) is 0 Å². The summed E-state index contributed by atoms with van der Waals surface area (Å²) in [5.74, 6) is -0.174. The van der Waals surface area contributed by atoms with Crippen molar-refractivity contribution >= 4 is 5.97 Å². The zero-order valence-electron chi connectivity index (χ0n) is 11.8. The van der Waals surface area contributed by atoms with Gasteiger partial charge in [0.05, 0.1) is 19.9 Å². The van der Waals surface area contributed by atoms with Gasteiger partial charge in [-0.15, -0.1) is 0 Å². The SMILES string of the molecule is CO/C=C/[C@H]1CCCN1CC(=O)OCc1ccccc1. The average Bonchev–Trinajstić information content (AvgIpc) is 2.91. The highest BCUT2D eigenvalue weighted by Crippen LogP contribution is 2.18. The Bertz CT molecular complexity index is 444. The smallest absolute Gasteiger partial charge is 0.320 e. The van der Waals surface area contributed by atoms with Crippen molar-refractivity contribution in [1.29, 1.82) is 0 Å². The van der Waals surface area contributed by atoms with E-state index in [1.807, 2.05) is 36.4 Å². The highest BCUT2D eigenvalue weighted by Gasteiger charge is 2.24. The molecular weight excluding hydrogens is 254 g/mol. The fourth-order valence-corrected chi connectivity index (χ4v) is 2.38. The van der Waals surface area contributed by atoms with Gasteiger partial charge >= 0.3 is 5.97 Å². The molecule has 1 aromatic carbocycles. The Labute approximate surface area is 120 Å². The molecule has 0 unspecified atom stereocenters. The van der Waals surface area contributed by atoms with Crippen LogP contribution in [-0.4, -0.2) is 37.1 Å². The number of benzene rings is 1. The zero-order chi connectivity index (χ0) is 14.2. The van der Waals surface area contributed by atoms with E-state index in [0.717, 1.165) is 24.9 Å². The fourth-order valence-electron chi connectivity index (χ4n) is 2.38. The number of carbonyl (C=O) groups is 1. The van der Waals surface area contributed by atoms with E-state index in [1.54, 1.807) is 13.4 Å². The third-order valence-corrected chi connectivity index (χ3v) is 3.43. The van der Waals surface area contributed by atoms with Gasteiger partial charge in [0.15, 0.2) is 0 Å². The summed E-state index contributed by atoms with van der Waals surface area (Å²) in [6.45, 7) is 1.61. The maximum absolute atomic E-state index is 11.9. The lowest BCUT2D eigenvalue weighted by Crippen LogP contribution is -2.34. The molecule has 1 atom stereocenters. The Morgan fingerprint density at radius 3 is 2.95 bits per heavy atom. The molecule has 0 saturated carbocycles. The van der Waals surface area contributed by atoms with Crippen molar-refractivity contribution in [3.63, 3.8) is 0 Å². The molecule has 4 nitrogen and oxygen atoms in total. The van der Waals surface area contributed by atoms with E-state index in [1.165, 1.54) is 0 Å². The highest BCUT2D eigenvalue weighted by atomic mass is 16.5. The van der Waals surface area contributed by atoms with E-state index in [0.29, 0.717) is 13.2 Å². The van der Waals surface area contributed by atoms with Crippen molar-refractivity contribution in [2.75, 3.05) is 20.2 Å². The molecular formula is C16H21NO3. The Morgan fingerprint density at radius 2 is 2.20 bits per heavy atom. The number of ether oxygens (including phenoxy) is 2. The number of hydrogen-bond donors (Lipinski definition) is 0. The van der Waals surface area contributed by atoms with Crippen LogP contribution in [0.1, 0.15) is 18.4 Å². The number of carbonyl (C=O) groups excluding carboxylic acids is 1. The lowest BCUT2D eigenvalue weighted by molar-refractivity contribution is -0.146. The summed E-state index contributed by atoms with van der Waals surface area (Å²) >= 11 is 0. The number of rotatable bonds is 6. The standard InChI is InChI=1S/C16H21NO3/c1-19-11-9-15-8-5-10-17(15)12-16(18)20-13-14-6-3-2-4-7-14/h2-4,6-7,9,11,15H,5,8,10,12-13H2,1H3/b11-9+/t15-/m1/s1. The van der Waals surface area contributed by atoms with Gasteiger partial charge in [0.25, 0.3) is 0 Å². The molecule has 0 radical (unpaired) electrons. The van der Waals surface area contributed by atoms with E-state index < -0.39 is 0 Å². The van der Waals surface area contributed by atoms with Crippen LogP contribution in [0.4, 0.5) is 0 Å². The van der Waals surface area contributed by atoms with E-state index in [4.69, 9.17) is 9.47 Å². The van der Waals surface area contributed by atoms with Crippen LogP contribution >= 0.6 is 0 Å². The Kier molecular flexibility index (Phi) is 5.62. The van der Waals surface area contributed by atoms with Crippen LogP contribution in [0.25, 0.3) is 0 Å². The fraction of sp³-hybridized carbons (Fsp3) is 0.438. The van der Waals surface area contributed by atoms with Crippen LogP contribution in [0, 0.1) is 0 Å². The van der Waals surface area contributed by atoms with Crippen molar-refractivity contribution in [2.45, 2.75) is 25.5 Å². The first-order valence-electron chi connectivity index (χ1n) is 6.92. The molecule has 1 fully saturated rings. The van der Waals surface area contributed by atoms with Crippen LogP contribution in [0.3, 0.4) is 0 Å². The molecule has 0 aromatic heterocycles. The van der Waals surface area contributed by atoms with Crippen LogP contribution in [0.15, 0.2) is 42.7 Å². The van der Waals surface area contributed by atoms with Gasteiger partial charge in [-0.25, -0.2) is 0 Å². The first-order chi connectivity index (χ1) is 9.79. The molecule has 0 amide bonds. The van der Waals surface area contributed by atoms with E-state index in [9.17, 15) is 4.79 Å². The van der Waals surface area contributed by atoms with Crippen molar-refractivity contribution in [3.8, 4) is 0 Å². The topological polar surface area (TPSA) is 38.8 Å². The van der Waals surface area contributed by atoms with Crippen LogP contribution in [-0.2, 0) is 20.9 Å². The minimum atomic E-state index is -0.174. The molecule has 0 aliphatic carbocycles. The van der Waals surface area contributed by atoms with Gasteiger partial charge in [-0.3, -0.25) is 9.69 Å². The average molecular weight is 275 g/mol. The Morgan fingerprint density at radius 1 is 1.40 bits per heavy atom. The van der Waals surface area contributed by atoms with Crippen LogP contribution < -0.4 is 0 Å². The molecule has 108 valence electrons. The summed E-state index contributed by atoms with van der Waals surface area (Å²) in [5, 5.41) is 0. The molecule has 1 aromatic rings. The van der Waals surface area contributed by atoms with Crippen molar-refractivity contribution in [3.05, 3.63) is 48.2 Å². The minimum absolute atomic E-state index is 0.174. The normalized spacial score (nSPS) is 19.4. The number of methoxy groups -OCH3 is 1. The molecule has 1 aliphatic heterocycles. The van der Waals surface area contributed by atoms with E-state index >= 15 is 0 Å². The summed E-state index contributed by atoms with van der Waals surface area (Å²) in [6.07, 6.45) is 5.84. The lowest BCUT2D eigenvalue weighted by Gasteiger charge is -2.20. The lowest BCUT2D eigenvalue weighted by atomic mass is 10.2. The van der Waals surface area contributed by atoms with Crippen LogP contribution in [0.5, 0.6) is 0 Å². The van der Waals surface area contributed by atoms with Gasteiger partial charge in [0, 0.05) is 6.04 Å². The Hall–Kier alpha value is -1.81. The molecule has 1 aliphatic rings. The second kappa shape index (κ2) is 7.70. The molecule has 4 heteroatoms. The maximum atomic E-state index is 11.9. The number of nitrogens with zero attached hydrogens (tertiary/aromatic N) is 1. The molecule has 20 heavy (non-hydrogen) atoms. The molecule has 2 rings (SSSR count). The first-order valence-corrected chi connectivity index (χ1v) is 6.92. The summed E-state index contributed by atoms with van der Waals surface area (Å²) in [6, 6.07) is 10.0. The maximum Gasteiger partial charge on any atom is 0.320 e. The molecule has 1 saturated heterocycles. The quantitative estimate of drug-likeness (QED) is 0.590. The zero-order valence-corrected chi connectivity index (χ0v) is 11.8. The van der Waals surface area contributed by atoms with Crippen LogP contribution in [0.2, 0.25) is 0 Å². The van der Waals surface area contributed by atoms with E-state index in [2.05, 4.69) is 4.90 Å². The van der Waals surface area contributed by atoms with Gasteiger partial charge in [-0.1, -0.05) is 30.3 Å². The Balaban J connectivity index is 1.77. The largest absolute Gasteiger partial charge is 0.505 e. The number of likely N-dealkylation sites (tertiary alicyclic amines) is 1. The van der Waals surface area contributed by atoms with Crippen molar-refractivity contribution < 1.29 is 14.3 Å². The summed E-state index contributed by atoms with van der Waals surface area (Å²) in [4.78, 5) is 14.0.